The van der Waals surface area contributed by atoms with E-state index in [0.717, 1.165) is 14.2 Å². The average molecular weight is 286 g/mol. The SMILES string of the molecule is C=CC[C@H](O)[C@H]1C[C@@H]1C(F)(F)OP(=O)(OC)OC. The van der Waals surface area contributed by atoms with Crippen LogP contribution in [-0.2, 0) is 18.1 Å². The second-order valence-corrected chi connectivity index (χ2v) is 5.87. The van der Waals surface area contributed by atoms with Gasteiger partial charge in [-0.1, -0.05) is 6.08 Å². The zero-order valence-corrected chi connectivity index (χ0v) is 11.1. The highest BCUT2D eigenvalue weighted by Gasteiger charge is 2.60. The van der Waals surface area contributed by atoms with Crippen LogP contribution in [0.1, 0.15) is 12.8 Å². The Kier molecular flexibility index (Phi) is 5.03. The molecule has 1 rings (SSSR count). The average Bonchev–Trinajstić information content (AvgIpc) is 3.09. The first-order valence-corrected chi connectivity index (χ1v) is 6.84. The number of phosphoric ester groups is 1. The number of rotatable bonds is 8. The van der Waals surface area contributed by atoms with Gasteiger partial charge in [-0.05, 0) is 18.8 Å². The van der Waals surface area contributed by atoms with Gasteiger partial charge in [-0.3, -0.25) is 9.05 Å². The molecule has 0 aromatic rings. The highest BCUT2D eigenvalue weighted by molar-refractivity contribution is 7.48. The molecule has 3 atom stereocenters. The molecule has 0 aliphatic heterocycles. The van der Waals surface area contributed by atoms with E-state index in [0.29, 0.717) is 0 Å². The zero-order chi connectivity index (χ0) is 14.0. The predicted octanol–water partition coefficient (Wildman–Crippen LogP) is 2.57. The summed E-state index contributed by atoms with van der Waals surface area (Å²) in [5.74, 6) is -1.79. The van der Waals surface area contributed by atoms with Crippen molar-refractivity contribution in [2.45, 2.75) is 25.1 Å². The van der Waals surface area contributed by atoms with Crippen molar-refractivity contribution >= 4 is 7.82 Å². The first kappa shape index (κ1) is 15.7. The Hall–Kier alpha value is -0.330. The Morgan fingerprint density at radius 1 is 1.56 bits per heavy atom. The monoisotopic (exact) mass is 286 g/mol. The Balaban J connectivity index is 2.61. The molecule has 1 aliphatic rings. The normalized spacial score (nSPS) is 25.8. The first-order valence-electron chi connectivity index (χ1n) is 5.38. The fraction of sp³-hybridized carbons (Fsp3) is 0.800. The number of hydrogen-bond acceptors (Lipinski definition) is 5. The maximum absolute atomic E-state index is 13.6. The van der Waals surface area contributed by atoms with E-state index < -0.39 is 31.9 Å². The number of aliphatic hydroxyl groups is 1. The minimum Gasteiger partial charge on any atom is -0.393 e. The van der Waals surface area contributed by atoms with Gasteiger partial charge in [0.2, 0.25) is 0 Å². The van der Waals surface area contributed by atoms with Crippen molar-refractivity contribution in [3.63, 3.8) is 0 Å². The lowest BCUT2D eigenvalue weighted by atomic mass is 10.1. The Morgan fingerprint density at radius 3 is 2.56 bits per heavy atom. The molecule has 106 valence electrons. The van der Waals surface area contributed by atoms with Crippen molar-refractivity contribution in [2.75, 3.05) is 14.2 Å². The van der Waals surface area contributed by atoms with Crippen molar-refractivity contribution in [3.8, 4) is 0 Å². The highest BCUT2D eigenvalue weighted by Crippen LogP contribution is 2.60. The molecule has 1 saturated carbocycles. The van der Waals surface area contributed by atoms with Crippen LogP contribution in [0, 0.1) is 11.8 Å². The Morgan fingerprint density at radius 2 is 2.11 bits per heavy atom. The topological polar surface area (TPSA) is 65.0 Å². The van der Waals surface area contributed by atoms with Crippen LogP contribution in [0.15, 0.2) is 12.7 Å². The molecule has 0 spiro atoms. The summed E-state index contributed by atoms with van der Waals surface area (Å²) in [4.78, 5) is 0. The molecule has 0 bridgehead atoms. The van der Waals surface area contributed by atoms with Gasteiger partial charge in [-0.2, -0.15) is 8.78 Å². The Bertz CT molecular complexity index is 341. The molecule has 8 heteroatoms. The third-order valence-electron chi connectivity index (χ3n) is 2.85. The fourth-order valence-corrected chi connectivity index (χ4v) is 2.47. The van der Waals surface area contributed by atoms with Crippen molar-refractivity contribution < 1.29 is 32.0 Å². The molecule has 0 unspecified atom stereocenters. The van der Waals surface area contributed by atoms with Gasteiger partial charge in [0.1, 0.15) is 0 Å². The molecular formula is C10H17F2O5P. The van der Waals surface area contributed by atoms with Crippen molar-refractivity contribution in [1.29, 1.82) is 0 Å². The quantitative estimate of drug-likeness (QED) is 0.549. The molecule has 1 aliphatic carbocycles. The maximum atomic E-state index is 13.6. The van der Waals surface area contributed by atoms with Crippen LogP contribution < -0.4 is 0 Å². The van der Waals surface area contributed by atoms with Gasteiger partial charge in [0, 0.05) is 14.2 Å². The van der Waals surface area contributed by atoms with Crippen LogP contribution in [-0.4, -0.2) is 31.5 Å². The van der Waals surface area contributed by atoms with E-state index >= 15 is 0 Å². The summed E-state index contributed by atoms with van der Waals surface area (Å²) in [6, 6.07) is 0. The van der Waals surface area contributed by atoms with E-state index in [1.807, 2.05) is 0 Å². The smallest absolute Gasteiger partial charge is 0.393 e. The molecule has 1 fully saturated rings. The van der Waals surface area contributed by atoms with Gasteiger partial charge in [-0.25, -0.2) is 9.09 Å². The van der Waals surface area contributed by atoms with Crippen molar-refractivity contribution in [2.24, 2.45) is 11.8 Å². The van der Waals surface area contributed by atoms with Crippen LogP contribution in [0.5, 0.6) is 0 Å². The van der Waals surface area contributed by atoms with Crippen LogP contribution in [0.25, 0.3) is 0 Å². The van der Waals surface area contributed by atoms with Gasteiger partial charge >= 0.3 is 13.9 Å². The largest absolute Gasteiger partial charge is 0.479 e. The molecule has 18 heavy (non-hydrogen) atoms. The van der Waals surface area contributed by atoms with Crippen molar-refractivity contribution in [1.82, 2.24) is 0 Å². The summed E-state index contributed by atoms with van der Waals surface area (Å²) >= 11 is 0. The number of alkyl halides is 2. The third-order valence-corrected chi connectivity index (χ3v) is 4.22. The maximum Gasteiger partial charge on any atom is 0.479 e. The van der Waals surface area contributed by atoms with Gasteiger partial charge < -0.3 is 5.11 Å². The van der Waals surface area contributed by atoms with E-state index in [9.17, 15) is 18.5 Å². The summed E-state index contributed by atoms with van der Waals surface area (Å²) in [6.07, 6.45) is -2.78. The standard InChI is InChI=1S/C10H17F2O5P/c1-4-5-9(13)7-6-8(7)10(11,12)17-18(14,15-2)16-3/h4,7-9,13H,1,5-6H2,2-3H3/t7-,8-,9-/m0/s1. The van der Waals surface area contributed by atoms with E-state index in [1.165, 1.54) is 6.08 Å². The molecule has 5 nitrogen and oxygen atoms in total. The summed E-state index contributed by atoms with van der Waals surface area (Å²) in [5.41, 5.74) is 0. The van der Waals surface area contributed by atoms with Gasteiger partial charge in [-0.15, -0.1) is 6.58 Å². The molecule has 0 radical (unpaired) electrons. The summed E-state index contributed by atoms with van der Waals surface area (Å²) in [6.45, 7) is 3.42. The van der Waals surface area contributed by atoms with E-state index in [2.05, 4.69) is 20.2 Å². The first-order chi connectivity index (χ1) is 8.29. The van der Waals surface area contributed by atoms with E-state index in [-0.39, 0.29) is 12.8 Å². The van der Waals surface area contributed by atoms with Crippen LogP contribution in [0.4, 0.5) is 8.78 Å². The lowest BCUT2D eigenvalue weighted by molar-refractivity contribution is -0.209. The van der Waals surface area contributed by atoms with E-state index in [1.54, 1.807) is 0 Å². The number of hydrogen-bond donors (Lipinski definition) is 1. The molecule has 0 aromatic heterocycles. The second-order valence-electron chi connectivity index (χ2n) is 4.06. The van der Waals surface area contributed by atoms with Crippen LogP contribution >= 0.6 is 7.82 Å². The molecule has 0 saturated heterocycles. The minimum atomic E-state index is -4.24. The third kappa shape index (κ3) is 3.59. The number of aliphatic hydroxyl groups excluding tert-OH is 1. The summed E-state index contributed by atoms with van der Waals surface area (Å²) < 4.78 is 51.5. The van der Waals surface area contributed by atoms with Crippen LogP contribution in [0.3, 0.4) is 0 Å². The summed E-state index contributed by atoms with van der Waals surface area (Å²) in [5, 5.41) is 9.54. The van der Waals surface area contributed by atoms with Gasteiger partial charge in [0.05, 0.1) is 12.0 Å². The number of halogens is 2. The molecule has 0 amide bonds. The highest BCUT2D eigenvalue weighted by atomic mass is 31.2. The van der Waals surface area contributed by atoms with Crippen LogP contribution in [0.2, 0.25) is 0 Å². The lowest BCUT2D eigenvalue weighted by Crippen LogP contribution is -2.26. The second kappa shape index (κ2) is 5.75. The molecule has 0 aromatic carbocycles. The molecule has 0 heterocycles. The molecular weight excluding hydrogens is 269 g/mol. The Labute approximate surface area is 104 Å². The number of phosphoric acid groups is 1. The summed E-state index contributed by atoms with van der Waals surface area (Å²) in [7, 11) is -2.33. The van der Waals surface area contributed by atoms with Gasteiger partial charge in [0.25, 0.3) is 0 Å². The zero-order valence-electron chi connectivity index (χ0n) is 10.2. The van der Waals surface area contributed by atoms with E-state index in [4.69, 9.17) is 0 Å². The fourth-order valence-electron chi connectivity index (χ4n) is 1.74. The van der Waals surface area contributed by atoms with Crippen molar-refractivity contribution in [3.05, 3.63) is 12.7 Å². The lowest BCUT2D eigenvalue weighted by Gasteiger charge is -2.21. The van der Waals surface area contributed by atoms with Gasteiger partial charge in [0.15, 0.2) is 0 Å². The minimum absolute atomic E-state index is 0.0927. The molecule has 1 N–H and O–H groups in total. The predicted molar refractivity (Wildman–Crippen MR) is 60.1 cm³/mol.